The van der Waals surface area contributed by atoms with Gasteiger partial charge < -0.3 is 55.3 Å². The predicted octanol–water partition coefficient (Wildman–Crippen LogP) is -5.25. The standard InChI is InChI=1S/C14H25NO11/c1-4(18)15-7-9(20)12(6(3-17)24-13(7)23)26-14-11(22)10(21)8(19)5(2-16)25-14/h5-14,16-17,19-23H,2-3H2,1H3,(H,15,18)/t5-,6-,7-,8+,9-,10+,11-,12+,13+,14+/m1/s1. The number of aliphatic hydroxyl groups excluding tert-OH is 7. The van der Waals surface area contributed by atoms with Crippen LogP contribution in [0, 0.1) is 0 Å². The number of carbonyl (C=O) groups is 1. The van der Waals surface area contributed by atoms with Crippen molar-refractivity contribution in [2.45, 2.75) is 68.3 Å². The summed E-state index contributed by atoms with van der Waals surface area (Å²) in [5, 5.41) is 70.7. The molecule has 2 fully saturated rings. The Hall–Kier alpha value is -0.930. The normalized spacial score (nSPS) is 46.8. The Balaban J connectivity index is 2.16. The topological polar surface area (TPSA) is 198 Å². The highest BCUT2D eigenvalue weighted by atomic mass is 16.7. The average molecular weight is 383 g/mol. The van der Waals surface area contributed by atoms with Crippen LogP contribution in [0.4, 0.5) is 0 Å². The van der Waals surface area contributed by atoms with Gasteiger partial charge in [-0.1, -0.05) is 0 Å². The van der Waals surface area contributed by atoms with Crippen LogP contribution in [0.5, 0.6) is 0 Å². The van der Waals surface area contributed by atoms with Crippen LogP contribution in [0.2, 0.25) is 0 Å². The van der Waals surface area contributed by atoms with Gasteiger partial charge in [-0.05, 0) is 0 Å². The summed E-state index contributed by atoms with van der Waals surface area (Å²) in [6, 6.07) is -1.29. The van der Waals surface area contributed by atoms with E-state index in [4.69, 9.17) is 14.2 Å². The second-order valence-corrected chi connectivity index (χ2v) is 6.26. The maximum absolute atomic E-state index is 11.2. The molecule has 0 aromatic carbocycles. The zero-order valence-corrected chi connectivity index (χ0v) is 14.0. The molecule has 0 bridgehead atoms. The van der Waals surface area contributed by atoms with Gasteiger partial charge in [-0.15, -0.1) is 0 Å². The Morgan fingerprint density at radius 1 is 0.923 bits per heavy atom. The lowest BCUT2D eigenvalue weighted by Crippen LogP contribution is -2.67. The molecule has 2 rings (SSSR count). The van der Waals surface area contributed by atoms with E-state index in [0.717, 1.165) is 6.92 Å². The molecule has 8 N–H and O–H groups in total. The molecule has 10 atom stereocenters. The van der Waals surface area contributed by atoms with Gasteiger partial charge in [0.2, 0.25) is 5.91 Å². The van der Waals surface area contributed by atoms with Crippen LogP contribution in [0.15, 0.2) is 0 Å². The molecule has 1 amide bonds. The molecule has 12 heteroatoms. The van der Waals surface area contributed by atoms with Crippen LogP contribution in [0.25, 0.3) is 0 Å². The molecule has 0 saturated carbocycles. The highest BCUT2D eigenvalue weighted by molar-refractivity contribution is 5.73. The number of amides is 1. The second kappa shape index (κ2) is 8.84. The summed E-state index contributed by atoms with van der Waals surface area (Å²) in [4.78, 5) is 11.2. The van der Waals surface area contributed by atoms with E-state index in [9.17, 15) is 40.5 Å². The molecule has 26 heavy (non-hydrogen) atoms. The molecule has 0 aromatic rings. The molecule has 2 saturated heterocycles. The number of hydrogen-bond acceptors (Lipinski definition) is 11. The minimum Gasteiger partial charge on any atom is -0.394 e. The number of nitrogens with one attached hydrogen (secondary N) is 1. The van der Waals surface area contributed by atoms with E-state index in [1.807, 2.05) is 0 Å². The first kappa shape index (κ1) is 21.4. The van der Waals surface area contributed by atoms with E-state index in [0.29, 0.717) is 0 Å². The van der Waals surface area contributed by atoms with E-state index >= 15 is 0 Å². The smallest absolute Gasteiger partial charge is 0.217 e. The molecule has 152 valence electrons. The first-order valence-corrected chi connectivity index (χ1v) is 8.06. The van der Waals surface area contributed by atoms with Gasteiger partial charge in [0.25, 0.3) is 0 Å². The lowest BCUT2D eigenvalue weighted by molar-refractivity contribution is -0.345. The highest BCUT2D eigenvalue weighted by Gasteiger charge is 2.50. The van der Waals surface area contributed by atoms with E-state index in [1.165, 1.54) is 0 Å². The minimum atomic E-state index is -1.73. The number of carbonyl (C=O) groups excluding carboxylic acids is 1. The average Bonchev–Trinajstić information content (AvgIpc) is 2.60. The summed E-state index contributed by atoms with van der Waals surface area (Å²) in [7, 11) is 0. The van der Waals surface area contributed by atoms with Crippen LogP contribution >= 0.6 is 0 Å². The molecule has 0 radical (unpaired) electrons. The Morgan fingerprint density at radius 3 is 2.08 bits per heavy atom. The Bertz CT molecular complexity index is 478. The SMILES string of the molecule is CC(=O)N[C@@H]1[C@@H](O)[C@@H](O[C@@H]2O[C@H](CO)[C@H](O)[C@H](O)[C@H]2O)[C@@H](CO)O[C@@H]1O. The van der Waals surface area contributed by atoms with Gasteiger partial charge in [0.15, 0.2) is 12.6 Å². The van der Waals surface area contributed by atoms with Gasteiger partial charge in [-0.25, -0.2) is 0 Å². The lowest BCUT2D eigenvalue weighted by atomic mass is 9.95. The van der Waals surface area contributed by atoms with E-state index < -0.39 is 80.5 Å². The van der Waals surface area contributed by atoms with Crippen LogP contribution in [0.3, 0.4) is 0 Å². The van der Waals surface area contributed by atoms with Crippen LogP contribution in [-0.2, 0) is 19.0 Å². The summed E-state index contributed by atoms with van der Waals surface area (Å²) in [6.07, 6.45) is -13.6. The van der Waals surface area contributed by atoms with Crippen molar-refractivity contribution < 1.29 is 54.8 Å². The molecule has 12 nitrogen and oxygen atoms in total. The summed E-state index contributed by atoms with van der Waals surface area (Å²) >= 11 is 0. The van der Waals surface area contributed by atoms with Gasteiger partial charge >= 0.3 is 0 Å². The van der Waals surface area contributed by atoms with Crippen molar-refractivity contribution in [1.82, 2.24) is 5.32 Å². The van der Waals surface area contributed by atoms with Crippen molar-refractivity contribution in [3.8, 4) is 0 Å². The lowest BCUT2D eigenvalue weighted by Gasteiger charge is -2.46. The van der Waals surface area contributed by atoms with Gasteiger partial charge in [0, 0.05) is 6.92 Å². The maximum atomic E-state index is 11.2. The molecule has 0 aromatic heterocycles. The zero-order valence-electron chi connectivity index (χ0n) is 14.0. The van der Waals surface area contributed by atoms with Gasteiger partial charge in [-0.3, -0.25) is 4.79 Å². The largest absolute Gasteiger partial charge is 0.394 e. The van der Waals surface area contributed by atoms with Gasteiger partial charge in [-0.2, -0.15) is 0 Å². The fraction of sp³-hybridized carbons (Fsp3) is 0.929. The van der Waals surface area contributed by atoms with Crippen molar-refractivity contribution in [2.75, 3.05) is 13.2 Å². The Labute approximate surface area is 148 Å². The Morgan fingerprint density at radius 2 is 1.54 bits per heavy atom. The van der Waals surface area contributed by atoms with E-state index in [-0.39, 0.29) is 0 Å². The summed E-state index contributed by atoms with van der Waals surface area (Å²) in [6.45, 7) is -0.195. The molecule has 0 aliphatic carbocycles. The van der Waals surface area contributed by atoms with Crippen molar-refractivity contribution in [2.24, 2.45) is 0 Å². The maximum Gasteiger partial charge on any atom is 0.217 e. The molecular weight excluding hydrogens is 358 g/mol. The van der Waals surface area contributed by atoms with E-state index in [1.54, 1.807) is 0 Å². The predicted molar refractivity (Wildman–Crippen MR) is 80.2 cm³/mol. The second-order valence-electron chi connectivity index (χ2n) is 6.26. The molecular formula is C14H25NO11. The fourth-order valence-electron chi connectivity index (χ4n) is 2.98. The summed E-state index contributed by atoms with van der Waals surface area (Å²) in [5.74, 6) is -0.564. The van der Waals surface area contributed by atoms with Crippen LogP contribution < -0.4 is 5.32 Å². The first-order chi connectivity index (χ1) is 12.2. The van der Waals surface area contributed by atoms with Crippen LogP contribution in [0.1, 0.15) is 6.92 Å². The number of aliphatic hydroxyl groups is 7. The number of ether oxygens (including phenoxy) is 3. The number of hydrogen-bond donors (Lipinski definition) is 8. The quantitative estimate of drug-likeness (QED) is 0.226. The third-order valence-corrected chi connectivity index (χ3v) is 4.38. The van der Waals surface area contributed by atoms with Crippen molar-refractivity contribution in [3.63, 3.8) is 0 Å². The summed E-state index contributed by atoms with van der Waals surface area (Å²) in [5.41, 5.74) is 0. The molecule has 0 spiro atoms. The van der Waals surface area contributed by atoms with Crippen molar-refractivity contribution >= 4 is 5.91 Å². The summed E-state index contributed by atoms with van der Waals surface area (Å²) < 4.78 is 15.7. The molecule has 2 aliphatic heterocycles. The van der Waals surface area contributed by atoms with Gasteiger partial charge in [0.1, 0.15) is 48.8 Å². The highest BCUT2D eigenvalue weighted by Crippen LogP contribution is 2.28. The van der Waals surface area contributed by atoms with E-state index in [2.05, 4.69) is 5.32 Å². The van der Waals surface area contributed by atoms with Gasteiger partial charge in [0.05, 0.1) is 13.2 Å². The zero-order chi connectivity index (χ0) is 19.6. The monoisotopic (exact) mass is 383 g/mol. The van der Waals surface area contributed by atoms with Crippen molar-refractivity contribution in [1.29, 1.82) is 0 Å². The molecule has 0 unspecified atom stereocenters. The Kier molecular flexibility index (Phi) is 7.27. The van der Waals surface area contributed by atoms with Crippen LogP contribution in [-0.4, -0.2) is 116 Å². The fourth-order valence-corrected chi connectivity index (χ4v) is 2.98. The third-order valence-electron chi connectivity index (χ3n) is 4.38. The third kappa shape index (κ3) is 4.31. The van der Waals surface area contributed by atoms with Crippen molar-refractivity contribution in [3.05, 3.63) is 0 Å². The molecule has 2 aliphatic rings. The number of rotatable bonds is 5. The first-order valence-electron chi connectivity index (χ1n) is 8.06. The molecule has 2 heterocycles. The minimum absolute atomic E-state index is 0.564.